The molecular formula is C14H11F2NO2S. The van der Waals surface area contributed by atoms with Crippen molar-refractivity contribution >= 4 is 29.4 Å². The minimum Gasteiger partial charge on any atom is -0.465 e. The Morgan fingerprint density at radius 1 is 1.25 bits per heavy atom. The van der Waals surface area contributed by atoms with E-state index in [1.54, 1.807) is 24.3 Å². The zero-order valence-corrected chi connectivity index (χ0v) is 11.1. The maximum atomic E-state index is 12.1. The minimum absolute atomic E-state index is 0.323. The Hall–Kier alpha value is -2.08. The zero-order chi connectivity index (χ0) is 14.4. The first-order valence-corrected chi connectivity index (χ1v) is 6.59. The molecule has 1 N–H and O–H groups in total. The lowest BCUT2D eigenvalue weighted by Crippen LogP contribution is -2.07. The van der Waals surface area contributed by atoms with Crippen molar-refractivity contribution < 1.29 is 18.0 Å². The van der Waals surface area contributed by atoms with Crippen LogP contribution in [-0.4, -0.2) is 11.7 Å². The average Bonchev–Trinajstić information content (AvgIpc) is 2.91. The second-order valence-electron chi connectivity index (χ2n) is 3.74. The normalized spacial score (nSPS) is 11.2. The summed E-state index contributed by atoms with van der Waals surface area (Å²) in [6.45, 7) is 0. The van der Waals surface area contributed by atoms with Crippen molar-refractivity contribution in [2.45, 2.75) is 10.7 Å². The number of alkyl halides is 2. The quantitative estimate of drug-likeness (QED) is 0.662. The van der Waals surface area contributed by atoms with Gasteiger partial charge in [-0.05, 0) is 42.5 Å². The molecule has 0 aliphatic heterocycles. The zero-order valence-electron chi connectivity index (χ0n) is 10.3. The van der Waals surface area contributed by atoms with Gasteiger partial charge < -0.3 is 9.73 Å². The highest BCUT2D eigenvalue weighted by Crippen LogP contribution is 2.26. The third-order valence-electron chi connectivity index (χ3n) is 2.29. The van der Waals surface area contributed by atoms with Gasteiger partial charge in [0.15, 0.2) is 0 Å². The van der Waals surface area contributed by atoms with Crippen LogP contribution in [0.3, 0.4) is 0 Å². The minimum atomic E-state index is -2.45. The smallest absolute Gasteiger partial charge is 0.288 e. The van der Waals surface area contributed by atoms with Gasteiger partial charge in [0.05, 0.1) is 6.26 Å². The van der Waals surface area contributed by atoms with E-state index in [1.807, 2.05) is 0 Å². The number of halogens is 2. The summed E-state index contributed by atoms with van der Waals surface area (Å²) in [5.41, 5.74) is 0.540. The van der Waals surface area contributed by atoms with Gasteiger partial charge in [-0.2, -0.15) is 8.78 Å². The van der Waals surface area contributed by atoms with Crippen LogP contribution in [0.15, 0.2) is 58.1 Å². The molecule has 1 amide bonds. The largest absolute Gasteiger partial charge is 0.465 e. The van der Waals surface area contributed by atoms with Gasteiger partial charge in [-0.15, -0.1) is 0 Å². The van der Waals surface area contributed by atoms with Crippen LogP contribution < -0.4 is 5.32 Å². The summed E-state index contributed by atoms with van der Waals surface area (Å²) in [4.78, 5) is 12.1. The van der Waals surface area contributed by atoms with Gasteiger partial charge in [-0.25, -0.2) is 0 Å². The van der Waals surface area contributed by atoms with E-state index < -0.39 is 5.76 Å². The van der Waals surface area contributed by atoms with Crippen molar-refractivity contribution in [3.05, 3.63) is 54.5 Å². The van der Waals surface area contributed by atoms with Crippen LogP contribution in [0.1, 0.15) is 5.76 Å². The first-order valence-electron chi connectivity index (χ1n) is 5.71. The molecule has 0 bridgehead atoms. The number of hydrogen-bond acceptors (Lipinski definition) is 3. The van der Waals surface area contributed by atoms with Gasteiger partial charge in [-0.1, -0.05) is 11.8 Å². The van der Waals surface area contributed by atoms with Crippen molar-refractivity contribution in [3.8, 4) is 0 Å². The molecule has 0 aliphatic rings. The summed E-state index contributed by atoms with van der Waals surface area (Å²) in [6.07, 6.45) is 4.38. The van der Waals surface area contributed by atoms with Crippen LogP contribution in [0.4, 0.5) is 14.5 Å². The summed E-state index contributed by atoms with van der Waals surface area (Å²) in [5.74, 6) is -2.20. The van der Waals surface area contributed by atoms with Gasteiger partial charge in [0.2, 0.25) is 5.91 Å². The fraction of sp³-hybridized carbons (Fsp3) is 0.0714. The lowest BCUT2D eigenvalue weighted by atomic mass is 10.3. The number of carbonyl (C=O) groups is 1. The molecule has 0 unspecified atom stereocenters. The molecule has 1 aromatic carbocycles. The molecule has 0 aliphatic carbocycles. The molecule has 2 rings (SSSR count). The van der Waals surface area contributed by atoms with Crippen LogP contribution in [0.2, 0.25) is 0 Å². The van der Waals surface area contributed by atoms with Crippen molar-refractivity contribution in [2.24, 2.45) is 0 Å². The molecule has 0 saturated heterocycles. The fourth-order valence-corrected chi connectivity index (χ4v) is 1.95. The average molecular weight is 295 g/mol. The van der Waals surface area contributed by atoms with Gasteiger partial charge in [-0.3, -0.25) is 4.79 Å². The number of carbonyl (C=O) groups excluding carboxylic acids is 1. The second-order valence-corrected chi connectivity index (χ2v) is 4.80. The molecular weight excluding hydrogens is 284 g/mol. The summed E-state index contributed by atoms with van der Waals surface area (Å²) in [5, 5.41) is 2.62. The van der Waals surface area contributed by atoms with Gasteiger partial charge in [0.25, 0.3) is 5.76 Å². The Morgan fingerprint density at radius 2 is 2.00 bits per heavy atom. The molecule has 104 valence electrons. The number of amides is 1. The second kappa shape index (κ2) is 6.91. The molecule has 0 fully saturated rings. The van der Waals surface area contributed by atoms with Crippen molar-refractivity contribution in [3.63, 3.8) is 0 Å². The van der Waals surface area contributed by atoms with E-state index >= 15 is 0 Å². The lowest BCUT2D eigenvalue weighted by molar-refractivity contribution is -0.111. The monoisotopic (exact) mass is 295 g/mol. The lowest BCUT2D eigenvalue weighted by Gasteiger charge is -2.04. The Kier molecular flexibility index (Phi) is 4.95. The summed E-state index contributed by atoms with van der Waals surface area (Å²) in [7, 11) is 0. The number of benzene rings is 1. The van der Waals surface area contributed by atoms with E-state index in [0.29, 0.717) is 28.1 Å². The highest BCUT2D eigenvalue weighted by atomic mass is 32.2. The van der Waals surface area contributed by atoms with Gasteiger partial charge in [0.1, 0.15) is 5.76 Å². The molecule has 0 spiro atoms. The Bertz CT molecular complexity index is 580. The van der Waals surface area contributed by atoms with E-state index in [1.165, 1.54) is 30.5 Å². The number of nitrogens with one attached hydrogen (secondary N) is 1. The number of hydrogen-bond donors (Lipinski definition) is 1. The molecule has 3 nitrogen and oxygen atoms in total. The van der Waals surface area contributed by atoms with Gasteiger partial charge in [0, 0.05) is 16.7 Å². The van der Waals surface area contributed by atoms with Crippen LogP contribution in [0, 0.1) is 0 Å². The van der Waals surface area contributed by atoms with E-state index in [-0.39, 0.29) is 5.91 Å². The van der Waals surface area contributed by atoms with E-state index in [9.17, 15) is 13.6 Å². The van der Waals surface area contributed by atoms with Crippen LogP contribution in [0.25, 0.3) is 6.08 Å². The molecule has 1 heterocycles. The predicted molar refractivity (Wildman–Crippen MR) is 74.7 cm³/mol. The molecule has 0 saturated carbocycles. The first kappa shape index (κ1) is 14.3. The summed E-state index contributed by atoms with van der Waals surface area (Å²) >= 11 is 0.462. The third-order valence-corrected chi connectivity index (χ3v) is 3.01. The standard InChI is InChI=1S/C14H11F2NO2S/c15-14(16)20-12-6-3-10(4-7-12)17-13(18)8-5-11-2-1-9-19-11/h1-9,14H,(H,17,18). The van der Waals surface area contributed by atoms with Crippen molar-refractivity contribution in [2.75, 3.05) is 5.32 Å². The topological polar surface area (TPSA) is 42.2 Å². The Balaban J connectivity index is 1.91. The summed E-state index contributed by atoms with van der Waals surface area (Å²) in [6, 6.07) is 9.65. The fourth-order valence-electron chi connectivity index (χ4n) is 1.45. The van der Waals surface area contributed by atoms with Crippen molar-refractivity contribution in [1.82, 2.24) is 0 Å². The maximum Gasteiger partial charge on any atom is 0.288 e. The van der Waals surface area contributed by atoms with E-state index in [2.05, 4.69) is 5.32 Å². The van der Waals surface area contributed by atoms with Crippen LogP contribution >= 0.6 is 11.8 Å². The molecule has 2 aromatic rings. The SMILES string of the molecule is O=C(C=Cc1ccco1)Nc1ccc(SC(F)F)cc1. The molecule has 1 aromatic heterocycles. The number of furan rings is 1. The van der Waals surface area contributed by atoms with E-state index in [0.717, 1.165) is 0 Å². The van der Waals surface area contributed by atoms with Crippen LogP contribution in [0.5, 0.6) is 0 Å². The predicted octanol–water partition coefficient (Wildman–Crippen LogP) is 4.25. The number of anilines is 1. The van der Waals surface area contributed by atoms with Gasteiger partial charge >= 0.3 is 0 Å². The van der Waals surface area contributed by atoms with Crippen LogP contribution in [-0.2, 0) is 4.79 Å². The Labute approximate surface area is 118 Å². The molecule has 6 heteroatoms. The highest BCUT2D eigenvalue weighted by Gasteiger charge is 2.05. The molecule has 20 heavy (non-hydrogen) atoms. The first-order chi connectivity index (χ1) is 9.63. The number of rotatable bonds is 5. The van der Waals surface area contributed by atoms with Crippen molar-refractivity contribution in [1.29, 1.82) is 0 Å². The summed E-state index contributed by atoms with van der Waals surface area (Å²) < 4.78 is 29.3. The highest BCUT2D eigenvalue weighted by molar-refractivity contribution is 7.99. The third kappa shape index (κ3) is 4.55. The molecule has 0 radical (unpaired) electrons. The Morgan fingerprint density at radius 3 is 2.60 bits per heavy atom. The van der Waals surface area contributed by atoms with E-state index in [4.69, 9.17) is 4.42 Å². The maximum absolute atomic E-state index is 12.1. The molecule has 0 atom stereocenters. The number of thioether (sulfide) groups is 1.